The molecule has 0 amide bonds. The number of hydrogen-bond donors (Lipinski definition) is 0. The quantitative estimate of drug-likeness (QED) is 0.399. The normalized spacial score (nSPS) is 10.1. The number of halogens is 2. The van der Waals surface area contributed by atoms with E-state index in [1.165, 1.54) is 12.8 Å². The van der Waals surface area contributed by atoms with Crippen molar-refractivity contribution in [2.75, 3.05) is 0 Å². The minimum absolute atomic E-state index is 0.726. The van der Waals surface area contributed by atoms with E-state index in [1.54, 1.807) is 24.8 Å². The van der Waals surface area contributed by atoms with Crippen molar-refractivity contribution >= 4 is 31.9 Å². The van der Waals surface area contributed by atoms with Gasteiger partial charge in [-0.1, -0.05) is 28.1 Å². The molecule has 4 aromatic rings. The Hall–Kier alpha value is -2.25. The van der Waals surface area contributed by atoms with E-state index >= 15 is 0 Å². The SMILES string of the molecule is Brc1cccc(-c2cnco2)c1.Brc1cncc(-c2cnco2)c1. The number of nitrogens with zero attached hydrogens (tertiary/aromatic N) is 3. The molecule has 0 spiro atoms. The molecule has 0 radical (unpaired) electrons. The molecule has 120 valence electrons. The molecule has 0 atom stereocenters. The Morgan fingerprint density at radius 3 is 1.92 bits per heavy atom. The number of rotatable bonds is 2. The third kappa shape index (κ3) is 4.39. The maximum absolute atomic E-state index is 5.14. The highest BCUT2D eigenvalue weighted by molar-refractivity contribution is 9.10. The van der Waals surface area contributed by atoms with Gasteiger partial charge in [0.2, 0.25) is 0 Å². The lowest BCUT2D eigenvalue weighted by Crippen LogP contribution is -1.76. The molecule has 0 N–H and O–H groups in total. The van der Waals surface area contributed by atoms with Gasteiger partial charge < -0.3 is 8.83 Å². The summed E-state index contributed by atoms with van der Waals surface area (Å²) in [5, 5.41) is 0. The molecule has 0 bridgehead atoms. The lowest BCUT2D eigenvalue weighted by molar-refractivity contribution is 0.571. The zero-order chi connectivity index (χ0) is 16.8. The van der Waals surface area contributed by atoms with E-state index in [9.17, 15) is 0 Å². The predicted molar refractivity (Wildman–Crippen MR) is 97.1 cm³/mol. The summed E-state index contributed by atoms with van der Waals surface area (Å²) < 4.78 is 12.2. The first-order chi connectivity index (χ1) is 11.7. The van der Waals surface area contributed by atoms with Crippen molar-refractivity contribution in [3.05, 3.63) is 76.9 Å². The van der Waals surface area contributed by atoms with Gasteiger partial charge in [-0.05, 0) is 34.1 Å². The minimum atomic E-state index is 0.726. The van der Waals surface area contributed by atoms with Crippen molar-refractivity contribution in [1.82, 2.24) is 15.0 Å². The summed E-state index contributed by atoms with van der Waals surface area (Å²) in [5.74, 6) is 1.51. The number of oxazole rings is 2. The topological polar surface area (TPSA) is 65.0 Å². The first-order valence-electron chi connectivity index (χ1n) is 6.86. The largest absolute Gasteiger partial charge is 0.444 e. The molecule has 3 aromatic heterocycles. The molecule has 0 saturated carbocycles. The number of pyridine rings is 1. The minimum Gasteiger partial charge on any atom is -0.444 e. The lowest BCUT2D eigenvalue weighted by Gasteiger charge is -1.95. The van der Waals surface area contributed by atoms with Gasteiger partial charge in [0.05, 0.1) is 12.4 Å². The van der Waals surface area contributed by atoms with Gasteiger partial charge in [0.1, 0.15) is 0 Å². The molecule has 5 nitrogen and oxygen atoms in total. The zero-order valence-corrected chi connectivity index (χ0v) is 15.4. The van der Waals surface area contributed by atoms with E-state index in [2.05, 4.69) is 46.8 Å². The molecule has 24 heavy (non-hydrogen) atoms. The fraction of sp³-hybridized carbons (Fsp3) is 0. The average Bonchev–Trinajstić information content (AvgIpc) is 3.29. The maximum atomic E-state index is 5.14. The Balaban J connectivity index is 0.000000141. The first-order valence-corrected chi connectivity index (χ1v) is 8.45. The summed E-state index contributed by atoms with van der Waals surface area (Å²) in [6, 6.07) is 9.82. The van der Waals surface area contributed by atoms with Crippen molar-refractivity contribution in [1.29, 1.82) is 0 Å². The molecule has 1 aromatic carbocycles. The predicted octanol–water partition coefficient (Wildman–Crippen LogP) is 5.60. The van der Waals surface area contributed by atoms with Crippen LogP contribution in [0, 0.1) is 0 Å². The highest BCUT2D eigenvalue weighted by atomic mass is 79.9. The molecule has 0 saturated heterocycles. The molecule has 0 unspecified atom stereocenters. The Labute approximate surface area is 155 Å². The molecular weight excluding hydrogens is 438 g/mol. The van der Waals surface area contributed by atoms with Crippen LogP contribution in [0.4, 0.5) is 0 Å². The summed E-state index contributed by atoms with van der Waals surface area (Å²) in [7, 11) is 0. The maximum Gasteiger partial charge on any atom is 0.181 e. The van der Waals surface area contributed by atoms with E-state index in [-0.39, 0.29) is 0 Å². The summed E-state index contributed by atoms with van der Waals surface area (Å²) in [5.41, 5.74) is 1.95. The zero-order valence-electron chi connectivity index (χ0n) is 12.3. The van der Waals surface area contributed by atoms with Crippen LogP contribution in [0.2, 0.25) is 0 Å². The summed E-state index contributed by atoms with van der Waals surface area (Å²) in [6.07, 6.45) is 9.63. The summed E-state index contributed by atoms with van der Waals surface area (Å²) in [4.78, 5) is 11.7. The lowest BCUT2D eigenvalue weighted by atomic mass is 10.2. The van der Waals surface area contributed by atoms with E-state index in [0.717, 1.165) is 31.6 Å². The smallest absolute Gasteiger partial charge is 0.181 e. The van der Waals surface area contributed by atoms with Gasteiger partial charge in [0, 0.05) is 32.5 Å². The third-order valence-electron chi connectivity index (χ3n) is 2.96. The second-order valence-corrected chi connectivity index (χ2v) is 6.46. The highest BCUT2D eigenvalue weighted by Crippen LogP contribution is 2.22. The first kappa shape index (κ1) is 16.6. The van der Waals surface area contributed by atoms with Gasteiger partial charge in [0.15, 0.2) is 24.3 Å². The van der Waals surface area contributed by atoms with Crippen LogP contribution in [0.25, 0.3) is 22.6 Å². The summed E-state index contributed by atoms with van der Waals surface area (Å²) >= 11 is 6.71. The molecule has 7 heteroatoms. The molecule has 4 rings (SSSR count). The van der Waals surface area contributed by atoms with Crippen LogP contribution in [-0.4, -0.2) is 15.0 Å². The van der Waals surface area contributed by atoms with Crippen molar-refractivity contribution in [3.8, 4) is 22.6 Å². The Morgan fingerprint density at radius 1 is 0.667 bits per heavy atom. The third-order valence-corrected chi connectivity index (χ3v) is 3.89. The second-order valence-electron chi connectivity index (χ2n) is 4.63. The van der Waals surface area contributed by atoms with Crippen LogP contribution >= 0.6 is 31.9 Å². The van der Waals surface area contributed by atoms with E-state index in [4.69, 9.17) is 8.83 Å². The van der Waals surface area contributed by atoms with Crippen LogP contribution in [-0.2, 0) is 0 Å². The van der Waals surface area contributed by atoms with Crippen LogP contribution in [0.5, 0.6) is 0 Å². The van der Waals surface area contributed by atoms with Crippen molar-refractivity contribution in [3.63, 3.8) is 0 Å². The molecule has 0 aliphatic carbocycles. The van der Waals surface area contributed by atoms with Gasteiger partial charge >= 0.3 is 0 Å². The van der Waals surface area contributed by atoms with Gasteiger partial charge in [0.25, 0.3) is 0 Å². The average molecular weight is 449 g/mol. The number of benzene rings is 1. The standard InChI is InChI=1S/C9H6BrNO.C8H5BrN2O/c10-8-3-1-2-7(4-8)9-5-11-6-12-9;9-7-1-6(2-10-3-7)8-4-11-5-12-8/h1-6H;1-5H. The van der Waals surface area contributed by atoms with Crippen LogP contribution in [0.3, 0.4) is 0 Å². The van der Waals surface area contributed by atoms with Crippen LogP contribution < -0.4 is 0 Å². The number of hydrogen-bond acceptors (Lipinski definition) is 5. The monoisotopic (exact) mass is 447 g/mol. The fourth-order valence-electron chi connectivity index (χ4n) is 1.91. The van der Waals surface area contributed by atoms with E-state index < -0.39 is 0 Å². The molecule has 0 fully saturated rings. The van der Waals surface area contributed by atoms with Crippen molar-refractivity contribution in [2.45, 2.75) is 0 Å². The molecule has 0 aliphatic heterocycles. The Kier molecular flexibility index (Phi) is 5.55. The van der Waals surface area contributed by atoms with Gasteiger partial charge in [-0.2, -0.15) is 0 Å². The molecule has 0 aliphatic rings. The molecule has 3 heterocycles. The second kappa shape index (κ2) is 8.03. The van der Waals surface area contributed by atoms with Crippen molar-refractivity contribution in [2.24, 2.45) is 0 Å². The van der Waals surface area contributed by atoms with Crippen LogP contribution in [0.1, 0.15) is 0 Å². The fourth-order valence-corrected chi connectivity index (χ4v) is 2.67. The van der Waals surface area contributed by atoms with Gasteiger partial charge in [-0.15, -0.1) is 0 Å². The molecular formula is C17H11Br2N3O2. The van der Waals surface area contributed by atoms with Crippen LogP contribution in [0.15, 0.2) is 85.7 Å². The van der Waals surface area contributed by atoms with Gasteiger partial charge in [-0.3, -0.25) is 4.98 Å². The number of aromatic nitrogens is 3. The van der Waals surface area contributed by atoms with E-state index in [1.807, 2.05) is 30.3 Å². The highest BCUT2D eigenvalue weighted by Gasteiger charge is 2.01. The van der Waals surface area contributed by atoms with Gasteiger partial charge in [-0.25, -0.2) is 9.97 Å². The summed E-state index contributed by atoms with van der Waals surface area (Å²) in [6.45, 7) is 0. The Morgan fingerprint density at radius 2 is 1.33 bits per heavy atom. The van der Waals surface area contributed by atoms with E-state index in [0.29, 0.717) is 0 Å². The Bertz CT molecular complexity index is 818. The van der Waals surface area contributed by atoms with Crippen molar-refractivity contribution < 1.29 is 8.83 Å².